The van der Waals surface area contributed by atoms with Crippen molar-refractivity contribution in [3.8, 4) is 0 Å². The van der Waals surface area contributed by atoms with E-state index in [1.807, 2.05) is 0 Å². The lowest BCUT2D eigenvalue weighted by Gasteiger charge is -2.16. The van der Waals surface area contributed by atoms with E-state index in [0.29, 0.717) is 0 Å². The molecule has 0 atom stereocenters. The number of hydrazine groups is 1. The number of hydrogen-bond donors (Lipinski definition) is 3. The van der Waals surface area contributed by atoms with E-state index in [9.17, 15) is 14.7 Å². The van der Waals surface area contributed by atoms with Crippen LogP contribution in [0, 0.1) is 11.6 Å². The number of fused-ring (bicyclic) bond motifs is 5. The number of rotatable bonds is 5. The Labute approximate surface area is 179 Å². The predicted molar refractivity (Wildman–Crippen MR) is 119 cm³/mol. The molecule has 0 spiro atoms. The quantitative estimate of drug-likeness (QED) is 0.239. The number of nitrogens with one attached hydrogen (secondary N) is 1. The summed E-state index contributed by atoms with van der Waals surface area (Å²) in [4.78, 5) is 25.1. The number of para-hydroxylation sites is 2. The Bertz CT molecular complexity index is 1560. The van der Waals surface area contributed by atoms with Crippen molar-refractivity contribution >= 4 is 44.9 Å². The molecule has 4 aromatic rings. The number of halogens is 2. The summed E-state index contributed by atoms with van der Waals surface area (Å²) in [6, 6.07) is 6.37. The maximum absolute atomic E-state index is 16.0. The molecule has 4 rings (SSSR count). The lowest BCUT2D eigenvalue weighted by atomic mass is 9.98. The number of nitrogens with zero attached hydrogens (tertiary/aromatic N) is 1. The van der Waals surface area contributed by atoms with E-state index in [1.165, 1.54) is 24.3 Å². The van der Waals surface area contributed by atoms with E-state index in [0.717, 1.165) is 4.40 Å². The number of carbonyl (C=O) groups is 1. The molecule has 0 radical (unpaired) electrons. The van der Waals surface area contributed by atoms with Crippen LogP contribution in [-0.2, 0) is 0 Å². The minimum absolute atomic E-state index is 0.132. The number of nitrogen functional groups attached to an aromatic ring is 1. The van der Waals surface area contributed by atoms with Crippen molar-refractivity contribution in [1.29, 1.82) is 0 Å². The second-order valence-corrected chi connectivity index (χ2v) is 6.82. The molecular weight excluding hydrogens is 420 g/mol. The van der Waals surface area contributed by atoms with Gasteiger partial charge in [0.1, 0.15) is 0 Å². The van der Waals surface area contributed by atoms with Crippen molar-refractivity contribution < 1.29 is 23.1 Å². The maximum Gasteiger partial charge on any atom is 0.345 e. The molecule has 32 heavy (non-hydrogen) atoms. The molecule has 0 saturated heterocycles. The minimum atomic E-state index is -1.61. The number of anilines is 1. The summed E-state index contributed by atoms with van der Waals surface area (Å²) in [7, 11) is 0. The van der Waals surface area contributed by atoms with Crippen molar-refractivity contribution in [2.75, 3.05) is 5.43 Å². The van der Waals surface area contributed by atoms with Gasteiger partial charge in [0.15, 0.2) is 22.8 Å². The molecule has 4 N–H and O–H groups in total. The van der Waals surface area contributed by atoms with Crippen molar-refractivity contribution in [3.63, 3.8) is 0 Å². The standard InChI is InChI=1S/C23H17F2N3O4/c1-3-7-11(8-4-2)14-17(24)19(27-26)15-20(18(14)25)28-12-9-5-6-10-13(12)32-22(28)16(21(15)29)23(30)31/h3-10,27H,1,26H2,2H3,(H,30,31)/b8-4-,11-7+. The number of carboxylic acid groups (broad SMARTS) is 1. The summed E-state index contributed by atoms with van der Waals surface area (Å²) in [6.07, 6.45) is 5.80. The van der Waals surface area contributed by atoms with Crippen molar-refractivity contribution in [3.05, 3.63) is 88.1 Å². The third-order valence-corrected chi connectivity index (χ3v) is 5.05. The Morgan fingerprint density at radius 2 is 1.97 bits per heavy atom. The summed E-state index contributed by atoms with van der Waals surface area (Å²) in [5.74, 6) is 1.68. The van der Waals surface area contributed by atoms with E-state index in [4.69, 9.17) is 10.3 Å². The van der Waals surface area contributed by atoms with Crippen LogP contribution in [0.25, 0.3) is 33.3 Å². The smallest absolute Gasteiger partial charge is 0.345 e. The zero-order valence-corrected chi connectivity index (χ0v) is 16.8. The SMILES string of the molecule is C=C/C=C(\C=C/C)c1c(F)c(NN)c2c(=O)c(C(=O)O)c3oc4ccccc4n3c2c1F. The molecule has 162 valence electrons. The number of allylic oxidation sites excluding steroid dienone is 5. The van der Waals surface area contributed by atoms with Gasteiger partial charge in [0.25, 0.3) is 0 Å². The summed E-state index contributed by atoms with van der Waals surface area (Å²) >= 11 is 0. The topological polar surface area (TPSA) is 110 Å². The first kappa shape index (κ1) is 21.0. The van der Waals surface area contributed by atoms with Crippen LogP contribution in [0.1, 0.15) is 22.8 Å². The van der Waals surface area contributed by atoms with E-state index >= 15 is 8.78 Å². The van der Waals surface area contributed by atoms with E-state index < -0.39 is 45.2 Å². The second kappa shape index (κ2) is 7.78. The molecule has 2 heterocycles. The number of aromatic carboxylic acids is 1. The van der Waals surface area contributed by atoms with Crippen LogP contribution < -0.4 is 16.7 Å². The third kappa shape index (κ3) is 2.83. The second-order valence-electron chi connectivity index (χ2n) is 6.82. The van der Waals surface area contributed by atoms with Crippen LogP contribution in [0.2, 0.25) is 0 Å². The largest absolute Gasteiger partial charge is 0.477 e. The Morgan fingerprint density at radius 3 is 2.59 bits per heavy atom. The molecule has 0 aliphatic carbocycles. The fraction of sp³-hybridized carbons (Fsp3) is 0.0435. The van der Waals surface area contributed by atoms with Gasteiger partial charge in [-0.15, -0.1) is 0 Å². The maximum atomic E-state index is 16.0. The van der Waals surface area contributed by atoms with Gasteiger partial charge >= 0.3 is 5.97 Å². The van der Waals surface area contributed by atoms with Gasteiger partial charge in [-0.05, 0) is 24.6 Å². The van der Waals surface area contributed by atoms with E-state index in [-0.39, 0.29) is 27.9 Å². The van der Waals surface area contributed by atoms with Gasteiger partial charge in [0, 0.05) is 0 Å². The van der Waals surface area contributed by atoms with Crippen LogP contribution in [0.3, 0.4) is 0 Å². The normalized spacial score (nSPS) is 12.3. The third-order valence-electron chi connectivity index (χ3n) is 5.05. The van der Waals surface area contributed by atoms with Gasteiger partial charge in [-0.25, -0.2) is 13.6 Å². The predicted octanol–water partition coefficient (Wildman–Crippen LogP) is 4.61. The molecule has 9 heteroatoms. The van der Waals surface area contributed by atoms with Crippen molar-refractivity contribution in [1.82, 2.24) is 4.40 Å². The van der Waals surface area contributed by atoms with Crippen molar-refractivity contribution in [2.24, 2.45) is 5.84 Å². The molecule has 2 aromatic carbocycles. The van der Waals surface area contributed by atoms with Gasteiger partial charge in [-0.2, -0.15) is 0 Å². The van der Waals surface area contributed by atoms with Crippen molar-refractivity contribution in [2.45, 2.75) is 6.92 Å². The highest BCUT2D eigenvalue weighted by Gasteiger charge is 2.30. The summed E-state index contributed by atoms with van der Waals surface area (Å²) in [5, 5.41) is 9.14. The van der Waals surface area contributed by atoms with Gasteiger partial charge in [-0.3, -0.25) is 15.0 Å². The molecule has 0 amide bonds. The zero-order valence-electron chi connectivity index (χ0n) is 16.8. The van der Waals surface area contributed by atoms with Crippen LogP contribution in [0.15, 0.2) is 64.4 Å². The molecule has 0 unspecified atom stereocenters. The average molecular weight is 437 g/mol. The van der Waals surface area contributed by atoms with Gasteiger partial charge < -0.3 is 14.9 Å². The molecule has 7 nitrogen and oxygen atoms in total. The molecule has 0 saturated carbocycles. The highest BCUT2D eigenvalue weighted by atomic mass is 19.1. The number of aromatic nitrogens is 1. The first-order valence-corrected chi connectivity index (χ1v) is 9.43. The number of nitrogens with two attached hydrogens (primary N) is 1. The van der Waals surface area contributed by atoms with Crippen LogP contribution in [0.4, 0.5) is 14.5 Å². The fourth-order valence-corrected chi connectivity index (χ4v) is 3.81. The fourth-order valence-electron chi connectivity index (χ4n) is 3.81. The number of benzene rings is 2. The van der Waals surface area contributed by atoms with E-state index in [2.05, 4.69) is 12.0 Å². The summed E-state index contributed by atoms with van der Waals surface area (Å²) < 4.78 is 38.3. The molecule has 0 aliphatic rings. The monoisotopic (exact) mass is 437 g/mol. The Hall–Kier alpha value is -4.24. The summed E-state index contributed by atoms with van der Waals surface area (Å²) in [5.41, 5.74) is -0.931. The van der Waals surface area contributed by atoms with Gasteiger partial charge in [0.2, 0.25) is 11.1 Å². The highest BCUT2D eigenvalue weighted by molar-refractivity contribution is 6.06. The molecular formula is C23H17F2N3O4. The Balaban J connectivity index is 2.43. The minimum Gasteiger partial charge on any atom is -0.477 e. The number of carboxylic acids is 1. The Morgan fingerprint density at radius 1 is 1.25 bits per heavy atom. The highest BCUT2D eigenvalue weighted by Crippen LogP contribution is 2.37. The number of oxazole rings is 1. The lowest BCUT2D eigenvalue weighted by molar-refractivity contribution is 0.0696. The van der Waals surface area contributed by atoms with Gasteiger partial charge in [-0.1, -0.05) is 43.0 Å². The molecule has 0 fully saturated rings. The molecule has 2 aromatic heterocycles. The lowest BCUT2D eigenvalue weighted by Crippen LogP contribution is -2.22. The summed E-state index contributed by atoms with van der Waals surface area (Å²) in [6.45, 7) is 5.24. The average Bonchev–Trinajstić information content (AvgIpc) is 3.12. The number of hydrogen-bond acceptors (Lipinski definition) is 5. The zero-order chi connectivity index (χ0) is 23.2. The van der Waals surface area contributed by atoms with Crippen LogP contribution in [0.5, 0.6) is 0 Å². The van der Waals surface area contributed by atoms with Crippen LogP contribution >= 0.6 is 0 Å². The van der Waals surface area contributed by atoms with Gasteiger partial charge in [0.05, 0.1) is 27.7 Å². The molecule has 0 bridgehead atoms. The van der Waals surface area contributed by atoms with Crippen LogP contribution in [-0.4, -0.2) is 15.5 Å². The Kier molecular flexibility index (Phi) is 5.11. The van der Waals surface area contributed by atoms with E-state index in [1.54, 1.807) is 31.2 Å². The molecule has 0 aliphatic heterocycles. The first-order chi connectivity index (χ1) is 15.4. The first-order valence-electron chi connectivity index (χ1n) is 9.43. The number of pyridine rings is 1.